The zero-order valence-corrected chi connectivity index (χ0v) is 10.9. The highest BCUT2D eigenvalue weighted by atomic mass is 16.2. The van der Waals surface area contributed by atoms with Crippen LogP contribution in [0.4, 0.5) is 0 Å². The predicted molar refractivity (Wildman–Crippen MR) is 71.1 cm³/mol. The molecule has 0 aliphatic carbocycles. The van der Waals surface area contributed by atoms with Gasteiger partial charge < -0.3 is 10.6 Å². The van der Waals surface area contributed by atoms with Crippen molar-refractivity contribution in [3.05, 3.63) is 35.9 Å². The lowest BCUT2D eigenvalue weighted by Crippen LogP contribution is -2.45. The van der Waals surface area contributed by atoms with Gasteiger partial charge in [-0.25, -0.2) is 0 Å². The molecule has 0 heterocycles. The average Bonchev–Trinajstić information content (AvgIpc) is 2.36. The van der Waals surface area contributed by atoms with Crippen LogP contribution in [0.5, 0.6) is 0 Å². The van der Waals surface area contributed by atoms with Crippen molar-refractivity contribution in [1.82, 2.24) is 10.6 Å². The van der Waals surface area contributed by atoms with Crippen molar-refractivity contribution in [1.29, 1.82) is 0 Å². The SMILES string of the molecule is CCCNC(=O)[C@H](C)NC(=O)Cc1ccccc1. The lowest BCUT2D eigenvalue weighted by Gasteiger charge is -2.13. The monoisotopic (exact) mass is 248 g/mol. The van der Waals surface area contributed by atoms with Gasteiger partial charge in [0, 0.05) is 6.54 Å². The molecule has 0 unspecified atom stereocenters. The second-order valence-electron chi connectivity index (χ2n) is 4.24. The van der Waals surface area contributed by atoms with E-state index in [0.29, 0.717) is 13.0 Å². The van der Waals surface area contributed by atoms with Crippen LogP contribution in [0.1, 0.15) is 25.8 Å². The summed E-state index contributed by atoms with van der Waals surface area (Å²) in [6.07, 6.45) is 1.18. The van der Waals surface area contributed by atoms with E-state index >= 15 is 0 Å². The average molecular weight is 248 g/mol. The lowest BCUT2D eigenvalue weighted by molar-refractivity contribution is -0.128. The molecule has 4 heteroatoms. The van der Waals surface area contributed by atoms with Crippen LogP contribution in [0.15, 0.2) is 30.3 Å². The van der Waals surface area contributed by atoms with E-state index in [9.17, 15) is 9.59 Å². The Kier molecular flexibility index (Phi) is 5.91. The maximum atomic E-state index is 11.7. The van der Waals surface area contributed by atoms with E-state index in [1.54, 1.807) is 6.92 Å². The summed E-state index contributed by atoms with van der Waals surface area (Å²) in [6.45, 7) is 4.31. The van der Waals surface area contributed by atoms with E-state index in [4.69, 9.17) is 0 Å². The first-order valence-electron chi connectivity index (χ1n) is 6.24. The zero-order valence-electron chi connectivity index (χ0n) is 10.9. The molecular formula is C14H20N2O2. The summed E-state index contributed by atoms with van der Waals surface area (Å²) in [4.78, 5) is 23.3. The second-order valence-corrected chi connectivity index (χ2v) is 4.24. The third-order valence-electron chi connectivity index (χ3n) is 2.53. The van der Waals surface area contributed by atoms with Gasteiger partial charge in [0.15, 0.2) is 0 Å². The Balaban J connectivity index is 2.38. The van der Waals surface area contributed by atoms with Gasteiger partial charge >= 0.3 is 0 Å². The van der Waals surface area contributed by atoms with Gasteiger partial charge in [-0.15, -0.1) is 0 Å². The van der Waals surface area contributed by atoms with Crippen LogP contribution in [0, 0.1) is 0 Å². The molecule has 0 bridgehead atoms. The maximum absolute atomic E-state index is 11.7. The maximum Gasteiger partial charge on any atom is 0.242 e. The molecule has 18 heavy (non-hydrogen) atoms. The topological polar surface area (TPSA) is 58.2 Å². The van der Waals surface area contributed by atoms with Crippen molar-refractivity contribution in [2.45, 2.75) is 32.7 Å². The molecule has 0 spiro atoms. The predicted octanol–water partition coefficient (Wildman–Crippen LogP) is 1.26. The molecule has 98 valence electrons. The molecule has 0 aliphatic rings. The Morgan fingerprint density at radius 2 is 1.89 bits per heavy atom. The summed E-state index contributed by atoms with van der Waals surface area (Å²) in [5, 5.41) is 5.43. The van der Waals surface area contributed by atoms with Gasteiger partial charge in [0.25, 0.3) is 0 Å². The van der Waals surface area contributed by atoms with Crippen LogP contribution in [0.3, 0.4) is 0 Å². The van der Waals surface area contributed by atoms with E-state index in [1.807, 2.05) is 37.3 Å². The zero-order chi connectivity index (χ0) is 13.4. The van der Waals surface area contributed by atoms with Crippen LogP contribution >= 0.6 is 0 Å². The standard InChI is InChI=1S/C14H20N2O2/c1-3-9-15-14(18)11(2)16-13(17)10-12-7-5-4-6-8-12/h4-8,11H,3,9-10H2,1-2H3,(H,15,18)(H,16,17)/t11-/m0/s1. The first-order valence-corrected chi connectivity index (χ1v) is 6.24. The van der Waals surface area contributed by atoms with Crippen molar-refractivity contribution in [3.63, 3.8) is 0 Å². The van der Waals surface area contributed by atoms with Crippen LogP contribution < -0.4 is 10.6 Å². The molecular weight excluding hydrogens is 228 g/mol. The fourth-order valence-electron chi connectivity index (χ4n) is 1.54. The molecule has 0 saturated carbocycles. The number of rotatable bonds is 6. The van der Waals surface area contributed by atoms with E-state index < -0.39 is 6.04 Å². The molecule has 0 saturated heterocycles. The lowest BCUT2D eigenvalue weighted by atomic mass is 10.1. The molecule has 1 aromatic rings. The number of hydrogen-bond acceptors (Lipinski definition) is 2. The summed E-state index contributed by atoms with van der Waals surface area (Å²) in [5.74, 6) is -0.279. The fraction of sp³-hybridized carbons (Fsp3) is 0.429. The Bertz CT molecular complexity index is 390. The molecule has 0 fully saturated rings. The molecule has 1 rings (SSSR count). The normalized spacial score (nSPS) is 11.7. The van der Waals surface area contributed by atoms with Gasteiger partial charge in [0.1, 0.15) is 6.04 Å². The third-order valence-corrected chi connectivity index (χ3v) is 2.53. The summed E-state index contributed by atoms with van der Waals surface area (Å²) in [6, 6.07) is 8.97. The molecule has 1 atom stereocenters. The quantitative estimate of drug-likeness (QED) is 0.796. The van der Waals surface area contributed by atoms with E-state index in [1.165, 1.54) is 0 Å². The summed E-state index contributed by atoms with van der Waals surface area (Å²) >= 11 is 0. The molecule has 4 nitrogen and oxygen atoms in total. The van der Waals surface area contributed by atoms with Gasteiger partial charge in [-0.1, -0.05) is 37.3 Å². The van der Waals surface area contributed by atoms with Gasteiger partial charge in [-0.2, -0.15) is 0 Å². The highest BCUT2D eigenvalue weighted by Gasteiger charge is 2.14. The van der Waals surface area contributed by atoms with Crippen molar-refractivity contribution in [3.8, 4) is 0 Å². The first kappa shape index (κ1) is 14.2. The first-order chi connectivity index (χ1) is 8.63. The molecule has 0 aromatic heterocycles. The van der Waals surface area contributed by atoms with Crippen LogP contribution in [-0.2, 0) is 16.0 Å². The van der Waals surface area contributed by atoms with Gasteiger partial charge in [0.2, 0.25) is 11.8 Å². The van der Waals surface area contributed by atoms with Gasteiger partial charge in [-0.05, 0) is 18.9 Å². The second kappa shape index (κ2) is 7.48. The molecule has 2 N–H and O–H groups in total. The number of carbonyl (C=O) groups excluding carboxylic acids is 2. The van der Waals surface area contributed by atoms with Crippen molar-refractivity contribution >= 4 is 11.8 Å². The summed E-state index contributed by atoms with van der Waals surface area (Å²) in [7, 11) is 0. The number of benzene rings is 1. The highest BCUT2D eigenvalue weighted by Crippen LogP contribution is 1.99. The Labute approximate surface area is 108 Å². The Hall–Kier alpha value is -1.84. The minimum atomic E-state index is -0.493. The minimum Gasteiger partial charge on any atom is -0.354 e. The minimum absolute atomic E-state index is 0.139. The summed E-state index contributed by atoms with van der Waals surface area (Å²) < 4.78 is 0. The van der Waals surface area contributed by atoms with Gasteiger partial charge in [0.05, 0.1) is 6.42 Å². The number of nitrogens with one attached hydrogen (secondary N) is 2. The number of amides is 2. The van der Waals surface area contributed by atoms with E-state index in [0.717, 1.165) is 12.0 Å². The Morgan fingerprint density at radius 1 is 1.22 bits per heavy atom. The van der Waals surface area contributed by atoms with Crippen LogP contribution in [0.2, 0.25) is 0 Å². The van der Waals surface area contributed by atoms with Crippen LogP contribution in [0.25, 0.3) is 0 Å². The smallest absolute Gasteiger partial charge is 0.242 e. The Morgan fingerprint density at radius 3 is 2.50 bits per heavy atom. The van der Waals surface area contributed by atoms with Crippen LogP contribution in [-0.4, -0.2) is 24.4 Å². The third kappa shape index (κ3) is 4.99. The van der Waals surface area contributed by atoms with E-state index in [2.05, 4.69) is 10.6 Å². The van der Waals surface area contributed by atoms with Gasteiger partial charge in [-0.3, -0.25) is 9.59 Å². The largest absolute Gasteiger partial charge is 0.354 e. The highest BCUT2D eigenvalue weighted by molar-refractivity contribution is 5.88. The molecule has 2 amide bonds. The van der Waals surface area contributed by atoms with Crippen molar-refractivity contribution < 1.29 is 9.59 Å². The number of carbonyl (C=O) groups is 2. The molecule has 1 aromatic carbocycles. The fourth-order valence-corrected chi connectivity index (χ4v) is 1.54. The van der Waals surface area contributed by atoms with E-state index in [-0.39, 0.29) is 11.8 Å². The van der Waals surface area contributed by atoms with Crippen molar-refractivity contribution in [2.75, 3.05) is 6.54 Å². The molecule has 0 aliphatic heterocycles. The molecule has 0 radical (unpaired) electrons. The van der Waals surface area contributed by atoms with Crippen molar-refractivity contribution in [2.24, 2.45) is 0 Å². The number of hydrogen-bond donors (Lipinski definition) is 2. The summed E-state index contributed by atoms with van der Waals surface area (Å²) in [5.41, 5.74) is 0.941.